The number of carbonyl (C=O) groups is 1. The van der Waals surface area contributed by atoms with Gasteiger partial charge in [-0.05, 0) is 35.4 Å². The Balaban J connectivity index is 1.74. The molecule has 0 aliphatic carbocycles. The molecule has 0 fully saturated rings. The number of benzene rings is 3. The standard InChI is InChI=1S/C22H20N2O3/c1-26-24-21(25)19-13-12-17(16-8-4-2-5-9-16)14-20(19)22(24,23)15-27-18-10-6-3-7-11-18/h2-14H,15,23H2,1H3. The van der Waals surface area contributed by atoms with Gasteiger partial charge in [-0.15, -0.1) is 0 Å². The molecule has 1 unspecified atom stereocenters. The van der Waals surface area contributed by atoms with Crippen LogP contribution in [0.3, 0.4) is 0 Å². The molecule has 27 heavy (non-hydrogen) atoms. The number of carbonyl (C=O) groups excluding carboxylic acids is 1. The van der Waals surface area contributed by atoms with Crippen molar-refractivity contribution in [1.29, 1.82) is 0 Å². The minimum Gasteiger partial charge on any atom is -0.489 e. The molecule has 5 heteroatoms. The molecule has 0 spiro atoms. The van der Waals surface area contributed by atoms with Gasteiger partial charge in [-0.3, -0.25) is 15.4 Å². The van der Waals surface area contributed by atoms with Crippen molar-refractivity contribution in [2.45, 2.75) is 5.66 Å². The summed E-state index contributed by atoms with van der Waals surface area (Å²) in [5.41, 5.74) is 8.69. The molecule has 1 amide bonds. The summed E-state index contributed by atoms with van der Waals surface area (Å²) in [6.07, 6.45) is 0. The van der Waals surface area contributed by atoms with Crippen molar-refractivity contribution in [3.05, 3.63) is 90.0 Å². The summed E-state index contributed by atoms with van der Waals surface area (Å²) in [7, 11) is 1.44. The van der Waals surface area contributed by atoms with Gasteiger partial charge in [0.05, 0.1) is 7.11 Å². The van der Waals surface area contributed by atoms with Crippen molar-refractivity contribution in [2.24, 2.45) is 5.73 Å². The Morgan fingerprint density at radius 3 is 2.26 bits per heavy atom. The van der Waals surface area contributed by atoms with E-state index in [2.05, 4.69) is 0 Å². The van der Waals surface area contributed by atoms with Crippen LogP contribution in [0.4, 0.5) is 0 Å². The van der Waals surface area contributed by atoms with Gasteiger partial charge in [-0.1, -0.05) is 54.6 Å². The summed E-state index contributed by atoms with van der Waals surface area (Å²) < 4.78 is 5.88. The summed E-state index contributed by atoms with van der Waals surface area (Å²) >= 11 is 0. The molecule has 136 valence electrons. The zero-order chi connectivity index (χ0) is 18.9. The maximum atomic E-state index is 12.8. The lowest BCUT2D eigenvalue weighted by molar-refractivity contribution is -0.167. The van der Waals surface area contributed by atoms with E-state index in [0.717, 1.165) is 11.1 Å². The maximum Gasteiger partial charge on any atom is 0.280 e. The van der Waals surface area contributed by atoms with Crippen molar-refractivity contribution in [3.63, 3.8) is 0 Å². The SMILES string of the molecule is CON1C(=O)c2ccc(-c3ccccc3)cc2C1(N)COc1ccccc1. The lowest BCUT2D eigenvalue weighted by Crippen LogP contribution is -2.54. The minimum absolute atomic E-state index is 0.0713. The highest BCUT2D eigenvalue weighted by Gasteiger charge is 2.49. The van der Waals surface area contributed by atoms with E-state index >= 15 is 0 Å². The monoisotopic (exact) mass is 360 g/mol. The number of ether oxygens (including phenoxy) is 1. The van der Waals surface area contributed by atoms with Crippen LogP contribution in [0, 0.1) is 0 Å². The van der Waals surface area contributed by atoms with E-state index in [-0.39, 0.29) is 12.5 Å². The predicted octanol–water partition coefficient (Wildman–Crippen LogP) is 3.56. The van der Waals surface area contributed by atoms with Crippen LogP contribution in [0.15, 0.2) is 78.9 Å². The van der Waals surface area contributed by atoms with Crippen LogP contribution in [0.25, 0.3) is 11.1 Å². The first-order chi connectivity index (χ1) is 13.1. The molecular weight excluding hydrogens is 340 g/mol. The quantitative estimate of drug-likeness (QED) is 0.756. The number of hydrogen-bond acceptors (Lipinski definition) is 4. The van der Waals surface area contributed by atoms with E-state index < -0.39 is 5.66 Å². The van der Waals surface area contributed by atoms with E-state index in [1.807, 2.05) is 72.8 Å². The van der Waals surface area contributed by atoms with Gasteiger partial charge in [-0.25, -0.2) is 0 Å². The highest BCUT2D eigenvalue weighted by Crippen LogP contribution is 2.38. The molecule has 5 nitrogen and oxygen atoms in total. The Hall–Kier alpha value is -3.15. The van der Waals surface area contributed by atoms with Crippen LogP contribution >= 0.6 is 0 Å². The van der Waals surface area contributed by atoms with Crippen molar-refractivity contribution in [1.82, 2.24) is 5.06 Å². The molecule has 0 bridgehead atoms. The molecule has 1 aliphatic rings. The molecule has 0 saturated carbocycles. The number of hydrogen-bond donors (Lipinski definition) is 1. The lowest BCUT2D eigenvalue weighted by atomic mass is 9.95. The van der Waals surface area contributed by atoms with Crippen LogP contribution in [-0.2, 0) is 10.5 Å². The fourth-order valence-corrected chi connectivity index (χ4v) is 3.39. The molecule has 1 atom stereocenters. The fraction of sp³-hybridized carbons (Fsp3) is 0.136. The van der Waals surface area contributed by atoms with E-state index in [1.165, 1.54) is 12.2 Å². The molecule has 3 aromatic rings. The van der Waals surface area contributed by atoms with Gasteiger partial charge in [0.15, 0.2) is 5.66 Å². The van der Waals surface area contributed by atoms with Crippen molar-refractivity contribution in [3.8, 4) is 16.9 Å². The van der Waals surface area contributed by atoms with E-state index in [0.29, 0.717) is 16.9 Å². The van der Waals surface area contributed by atoms with Crippen LogP contribution in [-0.4, -0.2) is 24.7 Å². The van der Waals surface area contributed by atoms with E-state index in [1.54, 1.807) is 6.07 Å². The highest BCUT2D eigenvalue weighted by atomic mass is 16.7. The van der Waals surface area contributed by atoms with Gasteiger partial charge in [0, 0.05) is 11.1 Å². The van der Waals surface area contributed by atoms with Crippen LogP contribution in [0.1, 0.15) is 15.9 Å². The van der Waals surface area contributed by atoms with Crippen LogP contribution in [0.5, 0.6) is 5.75 Å². The Kier molecular flexibility index (Phi) is 4.39. The van der Waals surface area contributed by atoms with E-state index in [9.17, 15) is 4.79 Å². The third kappa shape index (κ3) is 2.97. The van der Waals surface area contributed by atoms with Crippen LogP contribution in [0.2, 0.25) is 0 Å². The van der Waals surface area contributed by atoms with Gasteiger partial charge in [0.25, 0.3) is 5.91 Å². The van der Waals surface area contributed by atoms with Gasteiger partial charge in [-0.2, -0.15) is 5.06 Å². The van der Waals surface area contributed by atoms with E-state index in [4.69, 9.17) is 15.3 Å². The average Bonchev–Trinajstić information content (AvgIpc) is 2.94. The van der Waals surface area contributed by atoms with Gasteiger partial charge in [0.1, 0.15) is 12.4 Å². The summed E-state index contributed by atoms with van der Waals surface area (Å²) in [5.74, 6) is 0.407. The van der Waals surface area contributed by atoms with Crippen LogP contribution < -0.4 is 10.5 Å². The topological polar surface area (TPSA) is 64.8 Å². The molecule has 4 rings (SSSR count). The second kappa shape index (κ2) is 6.87. The minimum atomic E-state index is -1.22. The van der Waals surface area contributed by atoms with Crippen molar-refractivity contribution >= 4 is 5.91 Å². The summed E-state index contributed by atoms with van der Waals surface area (Å²) in [5, 5.41) is 1.19. The molecule has 1 heterocycles. The molecule has 3 aromatic carbocycles. The number of para-hydroxylation sites is 1. The van der Waals surface area contributed by atoms with Gasteiger partial charge >= 0.3 is 0 Å². The first kappa shape index (κ1) is 17.3. The van der Waals surface area contributed by atoms with Gasteiger partial charge in [0.2, 0.25) is 0 Å². The molecule has 2 N–H and O–H groups in total. The third-order valence-electron chi connectivity index (χ3n) is 4.76. The summed E-state index contributed by atoms with van der Waals surface area (Å²) in [6, 6.07) is 25.0. The number of rotatable bonds is 5. The lowest BCUT2D eigenvalue weighted by Gasteiger charge is -2.33. The number of fused-ring (bicyclic) bond motifs is 1. The maximum absolute atomic E-state index is 12.8. The molecular formula is C22H20N2O3. The normalized spacial score (nSPS) is 18.4. The fourth-order valence-electron chi connectivity index (χ4n) is 3.39. The Labute approximate surface area is 157 Å². The third-order valence-corrected chi connectivity index (χ3v) is 4.76. The molecule has 0 radical (unpaired) electrons. The summed E-state index contributed by atoms with van der Waals surface area (Å²) in [4.78, 5) is 18.1. The second-order valence-corrected chi connectivity index (χ2v) is 6.43. The summed E-state index contributed by atoms with van der Waals surface area (Å²) in [6.45, 7) is 0.0713. The zero-order valence-electron chi connectivity index (χ0n) is 15.0. The average molecular weight is 360 g/mol. The number of nitrogens with two attached hydrogens (primary N) is 1. The second-order valence-electron chi connectivity index (χ2n) is 6.43. The molecule has 1 aliphatic heterocycles. The predicted molar refractivity (Wildman–Crippen MR) is 103 cm³/mol. The number of amides is 1. The Morgan fingerprint density at radius 1 is 0.926 bits per heavy atom. The highest BCUT2D eigenvalue weighted by molar-refractivity contribution is 6.00. The Bertz CT molecular complexity index is 960. The largest absolute Gasteiger partial charge is 0.489 e. The number of hydroxylamine groups is 2. The molecule has 0 saturated heterocycles. The first-order valence-electron chi connectivity index (χ1n) is 8.69. The van der Waals surface area contributed by atoms with Gasteiger partial charge < -0.3 is 4.74 Å². The number of nitrogens with zero attached hydrogens (tertiary/aromatic N) is 1. The first-order valence-corrected chi connectivity index (χ1v) is 8.69. The Morgan fingerprint density at radius 2 is 1.59 bits per heavy atom. The van der Waals surface area contributed by atoms with Crippen molar-refractivity contribution in [2.75, 3.05) is 13.7 Å². The molecule has 0 aromatic heterocycles. The van der Waals surface area contributed by atoms with Crippen molar-refractivity contribution < 1.29 is 14.4 Å². The smallest absolute Gasteiger partial charge is 0.280 e. The zero-order valence-corrected chi connectivity index (χ0v) is 15.0.